The average molecular weight is 515 g/mol. The van der Waals surface area contributed by atoms with Crippen LogP contribution in [-0.4, -0.2) is 53.4 Å². The lowest BCUT2D eigenvalue weighted by atomic mass is 10.1. The molecule has 184 valence electrons. The van der Waals surface area contributed by atoms with E-state index >= 15 is 0 Å². The lowest BCUT2D eigenvalue weighted by Gasteiger charge is -2.28. The Hall–Kier alpha value is -3.23. The maximum Gasteiger partial charge on any atom is 0.246 e. The number of hydrogen-bond acceptors (Lipinski definition) is 5. The number of nitrogens with zero attached hydrogens (tertiary/aromatic N) is 3. The fourth-order valence-corrected chi connectivity index (χ4v) is 4.58. The van der Waals surface area contributed by atoms with Gasteiger partial charge in [-0.25, -0.2) is 4.98 Å². The number of benzene rings is 2. The molecule has 4 rings (SSSR count). The zero-order valence-electron chi connectivity index (χ0n) is 19.9. The normalized spacial score (nSPS) is 15.3. The van der Waals surface area contributed by atoms with E-state index in [1.165, 1.54) is 0 Å². The van der Waals surface area contributed by atoms with Gasteiger partial charge >= 0.3 is 0 Å². The number of likely N-dealkylation sites (N-methyl/N-ethyl adjacent to an activating group) is 1. The Morgan fingerprint density at radius 1 is 1.23 bits per heavy atom. The number of carbonyl (C=O) groups is 2. The van der Waals surface area contributed by atoms with Gasteiger partial charge in [0, 0.05) is 32.8 Å². The molecular formula is C25H28Cl2N6O2. The van der Waals surface area contributed by atoms with Crippen molar-refractivity contribution in [3.8, 4) is 0 Å². The predicted octanol–water partition coefficient (Wildman–Crippen LogP) is 4.86. The topological polar surface area (TPSA) is 93.4 Å². The molecule has 3 aromatic rings. The molecule has 3 N–H and O–H groups in total. The number of rotatable bonds is 7. The number of hydrogen-bond donors (Lipinski definition) is 3. The van der Waals surface area contributed by atoms with Gasteiger partial charge in [-0.15, -0.1) is 0 Å². The highest BCUT2D eigenvalue weighted by atomic mass is 35.5. The molecule has 0 spiro atoms. The number of H-pyrrole nitrogens is 1. The number of nitrogens with one attached hydrogen (secondary N) is 3. The summed E-state index contributed by atoms with van der Waals surface area (Å²) in [7, 11) is 3.54. The standard InChI is InChI=1S/C25H28Cl2N6O2/c1-14(2)23(34)28-13-15-7-8-16(26)18(10-15)29-25-30-19-11-17(27)22(12-20(19)31-25)33-9-5-6-21(33)24(35)32(3)4/h7-8,10-12,21H,1,5-6,9,13H2,2-4H3,(H,28,34)(H2,29,30,31). The molecule has 0 aliphatic carbocycles. The zero-order chi connectivity index (χ0) is 25.3. The van der Waals surface area contributed by atoms with Gasteiger partial charge in [-0.2, -0.15) is 0 Å². The molecule has 0 saturated carbocycles. The first-order valence-electron chi connectivity index (χ1n) is 11.3. The lowest BCUT2D eigenvalue weighted by molar-refractivity contribution is -0.129. The van der Waals surface area contributed by atoms with Gasteiger partial charge in [-0.1, -0.05) is 35.8 Å². The van der Waals surface area contributed by atoms with Gasteiger partial charge in [0.05, 0.1) is 32.5 Å². The molecule has 0 radical (unpaired) electrons. The first kappa shape index (κ1) is 24.9. The molecule has 1 aromatic heterocycles. The summed E-state index contributed by atoms with van der Waals surface area (Å²) in [6.07, 6.45) is 1.72. The quantitative estimate of drug-likeness (QED) is 0.391. The van der Waals surface area contributed by atoms with Crippen LogP contribution in [0, 0.1) is 0 Å². The third kappa shape index (κ3) is 5.39. The van der Waals surface area contributed by atoms with Crippen molar-refractivity contribution in [2.75, 3.05) is 30.9 Å². The Balaban J connectivity index is 1.57. The second kappa shape index (κ2) is 10.2. The van der Waals surface area contributed by atoms with Crippen LogP contribution in [0.25, 0.3) is 11.0 Å². The van der Waals surface area contributed by atoms with Crippen LogP contribution >= 0.6 is 23.2 Å². The van der Waals surface area contributed by atoms with Crippen LogP contribution in [0.2, 0.25) is 10.0 Å². The molecule has 1 saturated heterocycles. The van der Waals surface area contributed by atoms with Crippen LogP contribution < -0.4 is 15.5 Å². The highest BCUT2D eigenvalue weighted by Gasteiger charge is 2.33. The van der Waals surface area contributed by atoms with E-state index in [9.17, 15) is 9.59 Å². The summed E-state index contributed by atoms with van der Waals surface area (Å²) in [5.41, 5.74) is 4.26. The van der Waals surface area contributed by atoms with E-state index < -0.39 is 0 Å². The Labute approximate surface area is 214 Å². The molecule has 8 nitrogen and oxygen atoms in total. The van der Waals surface area contributed by atoms with Gasteiger partial charge in [0.1, 0.15) is 6.04 Å². The van der Waals surface area contributed by atoms with E-state index in [2.05, 4.69) is 32.1 Å². The van der Waals surface area contributed by atoms with Crippen LogP contribution in [0.5, 0.6) is 0 Å². The Morgan fingerprint density at radius 2 is 2.00 bits per heavy atom. The molecule has 1 atom stereocenters. The lowest BCUT2D eigenvalue weighted by Crippen LogP contribution is -2.42. The second-order valence-electron chi connectivity index (χ2n) is 8.89. The molecule has 10 heteroatoms. The Kier molecular flexibility index (Phi) is 7.23. The van der Waals surface area contributed by atoms with E-state index in [1.807, 2.05) is 18.2 Å². The fourth-order valence-electron chi connectivity index (χ4n) is 4.15. The van der Waals surface area contributed by atoms with Crippen molar-refractivity contribution in [3.63, 3.8) is 0 Å². The Morgan fingerprint density at radius 3 is 2.71 bits per heavy atom. The van der Waals surface area contributed by atoms with Crippen LogP contribution in [0.3, 0.4) is 0 Å². The number of aromatic nitrogens is 2. The van der Waals surface area contributed by atoms with Crippen molar-refractivity contribution >= 4 is 63.4 Å². The minimum absolute atomic E-state index is 0.0691. The van der Waals surface area contributed by atoms with E-state index in [1.54, 1.807) is 38.1 Å². The van der Waals surface area contributed by atoms with E-state index in [0.29, 0.717) is 39.3 Å². The molecule has 0 bridgehead atoms. The number of imidazole rings is 1. The van der Waals surface area contributed by atoms with Crippen molar-refractivity contribution in [1.82, 2.24) is 20.2 Å². The molecule has 1 unspecified atom stereocenters. The number of fused-ring (bicyclic) bond motifs is 1. The summed E-state index contributed by atoms with van der Waals surface area (Å²) in [6, 6.07) is 8.97. The zero-order valence-corrected chi connectivity index (χ0v) is 21.4. The third-order valence-electron chi connectivity index (χ3n) is 5.96. The van der Waals surface area contributed by atoms with Crippen molar-refractivity contribution in [1.29, 1.82) is 0 Å². The smallest absolute Gasteiger partial charge is 0.246 e. The van der Waals surface area contributed by atoms with Crippen molar-refractivity contribution in [3.05, 3.63) is 58.1 Å². The molecule has 1 aliphatic rings. The first-order chi connectivity index (χ1) is 16.6. The SMILES string of the molecule is C=C(C)C(=O)NCc1ccc(Cl)c(Nc2nc3cc(Cl)c(N4CCCC4C(=O)N(C)C)cc3[nH]2)c1. The van der Waals surface area contributed by atoms with Crippen molar-refractivity contribution < 1.29 is 9.59 Å². The predicted molar refractivity (Wildman–Crippen MR) is 142 cm³/mol. The number of halogens is 2. The maximum atomic E-state index is 12.7. The number of carbonyl (C=O) groups excluding carboxylic acids is 2. The van der Waals surface area contributed by atoms with E-state index in [-0.39, 0.29) is 17.9 Å². The minimum atomic E-state index is -0.229. The molecule has 1 aliphatic heterocycles. The summed E-state index contributed by atoms with van der Waals surface area (Å²) in [5.74, 6) is 0.368. The average Bonchev–Trinajstić information content (AvgIpc) is 3.44. The van der Waals surface area contributed by atoms with Crippen molar-refractivity contribution in [2.24, 2.45) is 0 Å². The molecular weight excluding hydrogens is 487 g/mol. The first-order valence-corrected chi connectivity index (χ1v) is 12.1. The van der Waals surface area contributed by atoms with Gasteiger partial charge in [0.2, 0.25) is 17.8 Å². The second-order valence-corrected chi connectivity index (χ2v) is 9.71. The van der Waals surface area contributed by atoms with Crippen LogP contribution in [0.1, 0.15) is 25.3 Å². The summed E-state index contributed by atoms with van der Waals surface area (Å²) < 4.78 is 0. The fraction of sp³-hybridized carbons (Fsp3) is 0.320. The summed E-state index contributed by atoms with van der Waals surface area (Å²) >= 11 is 13.0. The van der Waals surface area contributed by atoms with Gasteiger partial charge in [-0.05, 0) is 49.6 Å². The monoisotopic (exact) mass is 514 g/mol. The van der Waals surface area contributed by atoms with Crippen LogP contribution in [0.4, 0.5) is 17.3 Å². The largest absolute Gasteiger partial charge is 0.358 e. The molecule has 35 heavy (non-hydrogen) atoms. The van der Waals surface area contributed by atoms with Crippen LogP contribution in [0.15, 0.2) is 42.5 Å². The number of anilines is 3. The van der Waals surface area contributed by atoms with E-state index in [4.69, 9.17) is 23.2 Å². The number of amides is 2. The maximum absolute atomic E-state index is 12.7. The summed E-state index contributed by atoms with van der Waals surface area (Å²) in [4.78, 5) is 36.0. The van der Waals surface area contributed by atoms with Gasteiger partial charge in [0.25, 0.3) is 0 Å². The highest BCUT2D eigenvalue weighted by Crippen LogP contribution is 2.36. The third-order valence-corrected chi connectivity index (χ3v) is 6.60. The number of aromatic amines is 1. The van der Waals surface area contributed by atoms with Crippen molar-refractivity contribution in [2.45, 2.75) is 32.4 Å². The van der Waals surface area contributed by atoms with Crippen LogP contribution in [-0.2, 0) is 16.1 Å². The summed E-state index contributed by atoms with van der Waals surface area (Å²) in [5, 5.41) is 7.08. The summed E-state index contributed by atoms with van der Waals surface area (Å²) in [6.45, 7) is 6.41. The van der Waals surface area contributed by atoms with Gasteiger partial charge in [0.15, 0.2) is 0 Å². The molecule has 2 aromatic carbocycles. The Bertz CT molecular complexity index is 1300. The molecule has 1 fully saturated rings. The van der Waals surface area contributed by atoms with Gasteiger partial charge < -0.3 is 25.4 Å². The van der Waals surface area contributed by atoms with E-state index in [0.717, 1.165) is 36.2 Å². The minimum Gasteiger partial charge on any atom is -0.358 e. The molecule has 2 heterocycles. The molecule has 2 amide bonds. The van der Waals surface area contributed by atoms with Gasteiger partial charge in [-0.3, -0.25) is 9.59 Å². The highest BCUT2D eigenvalue weighted by molar-refractivity contribution is 6.34.